The number of carbonyl (C=O) groups is 1. The van der Waals surface area contributed by atoms with Gasteiger partial charge in [-0.25, -0.2) is 0 Å². The number of amides is 1. The molecule has 1 heterocycles. The normalized spacial score (nSPS) is 15.6. The summed E-state index contributed by atoms with van der Waals surface area (Å²) in [7, 11) is 0. The van der Waals surface area contributed by atoms with Crippen LogP contribution in [0.3, 0.4) is 0 Å². The van der Waals surface area contributed by atoms with Gasteiger partial charge in [-0.05, 0) is 30.7 Å². The van der Waals surface area contributed by atoms with Crippen LogP contribution in [0.5, 0.6) is 0 Å². The van der Waals surface area contributed by atoms with Crippen molar-refractivity contribution in [3.63, 3.8) is 0 Å². The molecule has 5 heteroatoms. The number of para-hydroxylation sites is 2. The van der Waals surface area contributed by atoms with Crippen LogP contribution in [0.25, 0.3) is 11.1 Å². The van der Waals surface area contributed by atoms with Crippen LogP contribution in [0.2, 0.25) is 5.02 Å². The lowest BCUT2D eigenvalue weighted by Crippen LogP contribution is -2.52. The molecule has 4 rings (SSSR count). The van der Waals surface area contributed by atoms with Gasteiger partial charge in [0.15, 0.2) is 0 Å². The standard InChI is InChI=1S/C25H26ClN3O/c1-19(28-15-17-29(18-16-28)24-14-8-6-12-22(24)26)25(30)27-23-13-7-5-11-21(23)20-9-3-2-4-10-20/h2-14,19H,15-18H2,1H3,(H,27,30)/t19-/m1/s1. The Morgan fingerprint density at radius 1 is 0.867 bits per heavy atom. The van der Waals surface area contributed by atoms with Crippen LogP contribution in [0.1, 0.15) is 6.92 Å². The third-order valence-electron chi connectivity index (χ3n) is 5.70. The quantitative estimate of drug-likeness (QED) is 0.620. The maximum absolute atomic E-state index is 13.0. The molecule has 0 unspecified atom stereocenters. The fourth-order valence-electron chi connectivity index (χ4n) is 3.92. The average Bonchev–Trinajstić information content (AvgIpc) is 2.80. The molecule has 0 saturated carbocycles. The molecular formula is C25H26ClN3O. The molecule has 3 aromatic carbocycles. The van der Waals surface area contributed by atoms with E-state index in [9.17, 15) is 4.79 Å². The molecule has 0 bridgehead atoms. The highest BCUT2D eigenvalue weighted by Crippen LogP contribution is 2.29. The zero-order valence-corrected chi connectivity index (χ0v) is 17.8. The van der Waals surface area contributed by atoms with Crippen molar-refractivity contribution in [2.45, 2.75) is 13.0 Å². The molecule has 3 aromatic rings. The molecule has 1 fully saturated rings. The van der Waals surface area contributed by atoms with Crippen molar-refractivity contribution >= 4 is 28.9 Å². The van der Waals surface area contributed by atoms with Crippen LogP contribution in [-0.4, -0.2) is 43.0 Å². The first kappa shape index (κ1) is 20.5. The summed E-state index contributed by atoms with van der Waals surface area (Å²) < 4.78 is 0. The SMILES string of the molecule is C[C@H](C(=O)Nc1ccccc1-c1ccccc1)N1CCN(c2ccccc2Cl)CC1. The molecule has 1 aliphatic heterocycles. The van der Waals surface area contributed by atoms with Crippen molar-refractivity contribution in [2.75, 3.05) is 36.4 Å². The summed E-state index contributed by atoms with van der Waals surface area (Å²) in [5.74, 6) is 0.0181. The highest BCUT2D eigenvalue weighted by molar-refractivity contribution is 6.33. The highest BCUT2D eigenvalue weighted by Gasteiger charge is 2.26. The van der Waals surface area contributed by atoms with Crippen LogP contribution in [0.4, 0.5) is 11.4 Å². The Hall–Kier alpha value is -2.82. The van der Waals surface area contributed by atoms with Crippen LogP contribution >= 0.6 is 11.6 Å². The molecule has 1 N–H and O–H groups in total. The summed E-state index contributed by atoms with van der Waals surface area (Å²) in [5, 5.41) is 3.92. The minimum absolute atomic E-state index is 0.0181. The van der Waals surface area contributed by atoms with Gasteiger partial charge in [0.1, 0.15) is 0 Å². The molecule has 1 saturated heterocycles. The first-order chi connectivity index (χ1) is 14.6. The fourth-order valence-corrected chi connectivity index (χ4v) is 4.18. The number of anilines is 2. The second-order valence-corrected chi connectivity index (χ2v) is 7.96. The van der Waals surface area contributed by atoms with E-state index in [4.69, 9.17) is 11.6 Å². The first-order valence-corrected chi connectivity index (χ1v) is 10.7. The topological polar surface area (TPSA) is 35.6 Å². The molecule has 0 spiro atoms. The Kier molecular flexibility index (Phi) is 6.36. The molecular weight excluding hydrogens is 394 g/mol. The summed E-state index contributed by atoms with van der Waals surface area (Å²) in [6, 6.07) is 25.8. The van der Waals surface area contributed by atoms with Crippen LogP contribution < -0.4 is 10.2 Å². The number of nitrogens with zero attached hydrogens (tertiary/aromatic N) is 2. The molecule has 0 aliphatic carbocycles. The van der Waals surface area contributed by atoms with Gasteiger partial charge in [0.25, 0.3) is 0 Å². The average molecular weight is 420 g/mol. The Morgan fingerprint density at radius 2 is 1.50 bits per heavy atom. The number of piperazine rings is 1. The van der Waals surface area contributed by atoms with E-state index in [-0.39, 0.29) is 11.9 Å². The van der Waals surface area contributed by atoms with E-state index in [0.717, 1.165) is 53.7 Å². The monoisotopic (exact) mass is 419 g/mol. The molecule has 1 amide bonds. The van der Waals surface area contributed by atoms with Crippen molar-refractivity contribution in [3.8, 4) is 11.1 Å². The molecule has 4 nitrogen and oxygen atoms in total. The lowest BCUT2D eigenvalue weighted by atomic mass is 10.0. The summed E-state index contributed by atoms with van der Waals surface area (Å²) in [4.78, 5) is 17.5. The summed E-state index contributed by atoms with van der Waals surface area (Å²) in [6.45, 7) is 5.32. The Labute approximate surface area is 183 Å². The Bertz CT molecular complexity index is 1000. The van der Waals surface area contributed by atoms with Crippen molar-refractivity contribution in [3.05, 3.63) is 83.9 Å². The van der Waals surface area contributed by atoms with Crippen LogP contribution in [0, 0.1) is 0 Å². The number of halogens is 1. The van der Waals surface area contributed by atoms with Crippen molar-refractivity contribution in [1.82, 2.24) is 4.90 Å². The zero-order valence-electron chi connectivity index (χ0n) is 17.1. The lowest BCUT2D eigenvalue weighted by molar-refractivity contribution is -0.120. The van der Waals surface area contributed by atoms with Gasteiger partial charge in [0.2, 0.25) is 5.91 Å². The predicted octanol–water partition coefficient (Wildman–Crippen LogP) is 5.16. The third kappa shape index (κ3) is 4.50. The molecule has 1 aliphatic rings. The van der Waals surface area contributed by atoms with E-state index >= 15 is 0 Å². The second-order valence-electron chi connectivity index (χ2n) is 7.55. The summed E-state index contributed by atoms with van der Waals surface area (Å²) >= 11 is 6.34. The number of carbonyl (C=O) groups excluding carboxylic acids is 1. The Morgan fingerprint density at radius 3 is 2.23 bits per heavy atom. The van der Waals surface area contributed by atoms with Gasteiger partial charge in [-0.1, -0.05) is 72.3 Å². The van der Waals surface area contributed by atoms with E-state index in [1.807, 2.05) is 67.6 Å². The minimum atomic E-state index is -0.206. The number of hydrogen-bond donors (Lipinski definition) is 1. The van der Waals surface area contributed by atoms with E-state index in [2.05, 4.69) is 33.3 Å². The predicted molar refractivity (Wildman–Crippen MR) is 125 cm³/mol. The van der Waals surface area contributed by atoms with Gasteiger partial charge in [-0.3, -0.25) is 9.69 Å². The Balaban J connectivity index is 1.40. The van der Waals surface area contributed by atoms with E-state index in [1.165, 1.54) is 0 Å². The fraction of sp³-hybridized carbons (Fsp3) is 0.240. The van der Waals surface area contributed by atoms with Crippen molar-refractivity contribution in [1.29, 1.82) is 0 Å². The first-order valence-electron chi connectivity index (χ1n) is 10.3. The molecule has 154 valence electrons. The molecule has 1 atom stereocenters. The summed E-state index contributed by atoms with van der Waals surface area (Å²) in [5.41, 5.74) is 4.03. The molecule has 0 aromatic heterocycles. The number of nitrogens with one attached hydrogen (secondary N) is 1. The smallest absolute Gasteiger partial charge is 0.241 e. The lowest BCUT2D eigenvalue weighted by Gasteiger charge is -2.38. The molecule has 0 radical (unpaired) electrons. The number of hydrogen-bond acceptors (Lipinski definition) is 3. The largest absolute Gasteiger partial charge is 0.368 e. The maximum Gasteiger partial charge on any atom is 0.241 e. The minimum Gasteiger partial charge on any atom is -0.368 e. The number of benzene rings is 3. The highest BCUT2D eigenvalue weighted by atomic mass is 35.5. The van der Waals surface area contributed by atoms with Gasteiger partial charge < -0.3 is 10.2 Å². The van der Waals surface area contributed by atoms with Crippen LogP contribution in [-0.2, 0) is 4.79 Å². The van der Waals surface area contributed by atoms with Gasteiger partial charge >= 0.3 is 0 Å². The van der Waals surface area contributed by atoms with Gasteiger partial charge in [-0.2, -0.15) is 0 Å². The van der Waals surface area contributed by atoms with Gasteiger partial charge in [0.05, 0.1) is 16.8 Å². The molecule has 30 heavy (non-hydrogen) atoms. The van der Waals surface area contributed by atoms with Crippen molar-refractivity contribution in [2.24, 2.45) is 0 Å². The van der Waals surface area contributed by atoms with Crippen LogP contribution in [0.15, 0.2) is 78.9 Å². The third-order valence-corrected chi connectivity index (χ3v) is 6.02. The van der Waals surface area contributed by atoms with Gasteiger partial charge in [0, 0.05) is 37.4 Å². The van der Waals surface area contributed by atoms with E-state index in [0.29, 0.717) is 0 Å². The maximum atomic E-state index is 13.0. The van der Waals surface area contributed by atoms with E-state index in [1.54, 1.807) is 0 Å². The zero-order chi connectivity index (χ0) is 20.9. The van der Waals surface area contributed by atoms with Gasteiger partial charge in [-0.15, -0.1) is 0 Å². The number of rotatable bonds is 5. The van der Waals surface area contributed by atoms with E-state index < -0.39 is 0 Å². The summed E-state index contributed by atoms with van der Waals surface area (Å²) in [6.07, 6.45) is 0. The second kappa shape index (κ2) is 9.33. The van der Waals surface area contributed by atoms with Crippen molar-refractivity contribution < 1.29 is 4.79 Å².